The van der Waals surface area contributed by atoms with Gasteiger partial charge in [-0.15, -0.1) is 0 Å². The fourth-order valence-corrected chi connectivity index (χ4v) is 4.51. The Balaban J connectivity index is 1.57. The van der Waals surface area contributed by atoms with E-state index in [-0.39, 0.29) is 22.4 Å². The van der Waals surface area contributed by atoms with E-state index >= 15 is 0 Å². The molecule has 7 heteroatoms. The molecule has 0 bridgehead atoms. The van der Waals surface area contributed by atoms with Crippen LogP contribution >= 0.6 is 0 Å². The predicted octanol–water partition coefficient (Wildman–Crippen LogP) is 4.76. The van der Waals surface area contributed by atoms with Crippen LogP contribution in [0.4, 0.5) is 24.5 Å². The second-order valence-electron chi connectivity index (χ2n) is 8.71. The number of piperidine rings is 1. The Morgan fingerprint density at radius 3 is 2.57 bits per heavy atom. The summed E-state index contributed by atoms with van der Waals surface area (Å²) in [5.74, 6) is -3.28. The van der Waals surface area contributed by atoms with Crippen molar-refractivity contribution in [1.29, 1.82) is 0 Å². The first kappa shape index (κ1) is 20.7. The van der Waals surface area contributed by atoms with Crippen molar-refractivity contribution in [1.82, 2.24) is 10.2 Å². The molecule has 0 radical (unpaired) electrons. The minimum atomic E-state index is -1.20. The monoisotopic (exact) mass is 417 g/mol. The molecular weight excluding hydrogens is 391 g/mol. The van der Waals surface area contributed by atoms with Gasteiger partial charge in [0.25, 0.3) is 5.91 Å². The Morgan fingerprint density at radius 1 is 1.13 bits per heavy atom. The molecule has 1 atom stereocenters. The predicted molar refractivity (Wildman–Crippen MR) is 110 cm³/mol. The lowest BCUT2D eigenvalue weighted by Crippen LogP contribution is -2.65. The highest BCUT2D eigenvalue weighted by molar-refractivity contribution is 6.01. The quantitative estimate of drug-likeness (QED) is 0.754. The van der Waals surface area contributed by atoms with Crippen LogP contribution in [-0.4, -0.2) is 36.5 Å². The third-order valence-corrected chi connectivity index (χ3v) is 6.25. The Kier molecular flexibility index (Phi) is 5.49. The smallest absolute Gasteiger partial charge is 0.256 e. The number of carbonyl (C=O) groups is 1. The number of nitrogens with zero attached hydrogens (tertiary/aromatic N) is 1. The van der Waals surface area contributed by atoms with E-state index in [1.165, 1.54) is 24.6 Å². The topological polar surface area (TPSA) is 44.4 Å². The summed E-state index contributed by atoms with van der Waals surface area (Å²) in [6.07, 6.45) is 3.40. The Morgan fingerprint density at radius 2 is 1.90 bits per heavy atom. The van der Waals surface area contributed by atoms with E-state index in [9.17, 15) is 18.0 Å². The average Bonchev–Trinajstić information content (AvgIpc) is 2.71. The number of aryl methyl sites for hydroxylation is 1. The number of nitrogens with one attached hydrogen (secondary N) is 2. The molecule has 0 aliphatic carbocycles. The van der Waals surface area contributed by atoms with Gasteiger partial charge in [-0.25, -0.2) is 13.2 Å². The molecule has 4 rings (SSSR count). The molecule has 2 saturated heterocycles. The summed E-state index contributed by atoms with van der Waals surface area (Å²) in [5, 5.41) is 6.13. The largest absolute Gasteiger partial charge is 0.350 e. The zero-order valence-electron chi connectivity index (χ0n) is 17.2. The molecule has 0 unspecified atom stereocenters. The molecule has 1 amide bonds. The van der Waals surface area contributed by atoms with Gasteiger partial charge in [0.1, 0.15) is 5.82 Å². The van der Waals surface area contributed by atoms with E-state index in [1.807, 2.05) is 0 Å². The minimum Gasteiger partial charge on any atom is -0.350 e. The van der Waals surface area contributed by atoms with E-state index in [2.05, 4.69) is 17.6 Å². The summed E-state index contributed by atoms with van der Waals surface area (Å²) in [7, 11) is 0. The molecule has 2 aliphatic rings. The lowest BCUT2D eigenvalue weighted by atomic mass is 9.72. The molecular formula is C23H26F3N3O. The van der Waals surface area contributed by atoms with Gasteiger partial charge in [-0.3, -0.25) is 4.79 Å². The Hall–Kier alpha value is -2.54. The number of carbonyl (C=O) groups excluding carboxylic acids is 1. The maximum absolute atomic E-state index is 14.6. The fourth-order valence-electron chi connectivity index (χ4n) is 4.51. The molecule has 0 spiro atoms. The van der Waals surface area contributed by atoms with Gasteiger partial charge in [0.05, 0.1) is 16.9 Å². The van der Waals surface area contributed by atoms with Crippen LogP contribution in [0.15, 0.2) is 30.3 Å². The van der Waals surface area contributed by atoms with E-state index in [0.29, 0.717) is 24.7 Å². The van der Waals surface area contributed by atoms with E-state index in [4.69, 9.17) is 0 Å². The molecule has 2 aromatic carbocycles. The minimum absolute atomic E-state index is 0.00692. The van der Waals surface area contributed by atoms with Gasteiger partial charge in [-0.2, -0.15) is 0 Å². The van der Waals surface area contributed by atoms with Crippen molar-refractivity contribution >= 4 is 17.3 Å². The summed E-state index contributed by atoms with van der Waals surface area (Å²) in [6, 6.07) is 6.92. The molecule has 4 nitrogen and oxygen atoms in total. The number of amides is 1. The van der Waals surface area contributed by atoms with Crippen molar-refractivity contribution in [3.05, 3.63) is 58.9 Å². The van der Waals surface area contributed by atoms with Gasteiger partial charge in [0.15, 0.2) is 11.6 Å². The van der Waals surface area contributed by atoms with Gasteiger partial charge >= 0.3 is 0 Å². The van der Waals surface area contributed by atoms with Crippen LogP contribution in [0.5, 0.6) is 0 Å². The standard InChI is InChI=1S/C23H26F3N3O/c1-14-6-9-18(17(25)11-14)28-21-15(7-8-16(24)20(21)26)22(30)29-12-23(2,13-29)19-5-3-4-10-27-19/h6-9,11,19,27-28H,3-5,10,12-13H2,1-2H3/t19-/m0/s1. The van der Waals surface area contributed by atoms with Crippen molar-refractivity contribution < 1.29 is 18.0 Å². The second-order valence-corrected chi connectivity index (χ2v) is 8.71. The third-order valence-electron chi connectivity index (χ3n) is 6.25. The zero-order chi connectivity index (χ0) is 21.5. The average molecular weight is 417 g/mol. The number of benzene rings is 2. The lowest BCUT2D eigenvalue weighted by Gasteiger charge is -2.53. The molecule has 0 aromatic heterocycles. The maximum Gasteiger partial charge on any atom is 0.256 e. The highest BCUT2D eigenvalue weighted by atomic mass is 19.2. The van der Waals surface area contributed by atoms with E-state index in [0.717, 1.165) is 25.5 Å². The van der Waals surface area contributed by atoms with Crippen LogP contribution in [0.2, 0.25) is 0 Å². The fraction of sp³-hybridized carbons (Fsp3) is 0.435. The van der Waals surface area contributed by atoms with Crippen LogP contribution in [0.1, 0.15) is 42.1 Å². The van der Waals surface area contributed by atoms with Crippen molar-refractivity contribution in [2.75, 3.05) is 25.0 Å². The summed E-state index contributed by atoms with van der Waals surface area (Å²) >= 11 is 0. The van der Waals surface area contributed by atoms with Crippen molar-refractivity contribution in [2.45, 2.75) is 39.2 Å². The molecule has 2 heterocycles. The first-order valence-corrected chi connectivity index (χ1v) is 10.3. The number of hydrogen-bond acceptors (Lipinski definition) is 3. The normalized spacial score (nSPS) is 20.6. The van der Waals surface area contributed by atoms with Gasteiger partial charge in [-0.1, -0.05) is 19.4 Å². The van der Waals surface area contributed by atoms with Gasteiger partial charge in [-0.05, 0) is 56.1 Å². The summed E-state index contributed by atoms with van der Waals surface area (Å²) in [5.41, 5.74) is 0.301. The lowest BCUT2D eigenvalue weighted by molar-refractivity contribution is -0.0109. The van der Waals surface area contributed by atoms with E-state index in [1.54, 1.807) is 17.9 Å². The van der Waals surface area contributed by atoms with E-state index < -0.39 is 23.4 Å². The first-order valence-electron chi connectivity index (χ1n) is 10.3. The van der Waals surface area contributed by atoms with Crippen LogP contribution in [0, 0.1) is 29.8 Å². The summed E-state index contributed by atoms with van der Waals surface area (Å²) in [4.78, 5) is 14.7. The van der Waals surface area contributed by atoms with Crippen LogP contribution < -0.4 is 10.6 Å². The van der Waals surface area contributed by atoms with Crippen LogP contribution in [0.25, 0.3) is 0 Å². The second kappa shape index (κ2) is 7.95. The molecule has 0 saturated carbocycles. The number of likely N-dealkylation sites (tertiary alicyclic amines) is 1. The third kappa shape index (κ3) is 3.78. The van der Waals surface area contributed by atoms with Crippen molar-refractivity contribution in [3.63, 3.8) is 0 Å². The Bertz CT molecular complexity index is 966. The van der Waals surface area contributed by atoms with Crippen LogP contribution in [-0.2, 0) is 0 Å². The van der Waals surface area contributed by atoms with Gasteiger partial charge < -0.3 is 15.5 Å². The molecule has 2 aromatic rings. The SMILES string of the molecule is Cc1ccc(Nc2c(C(=O)N3CC(C)([C@@H]4CCCCN4)C3)ccc(F)c2F)c(F)c1. The summed E-state index contributed by atoms with van der Waals surface area (Å²) in [6.45, 7) is 5.94. The number of halogens is 3. The Labute approximate surface area is 174 Å². The summed E-state index contributed by atoms with van der Waals surface area (Å²) < 4.78 is 42.8. The molecule has 160 valence electrons. The first-order chi connectivity index (χ1) is 14.3. The molecule has 2 N–H and O–H groups in total. The molecule has 30 heavy (non-hydrogen) atoms. The highest BCUT2D eigenvalue weighted by Crippen LogP contribution is 2.39. The van der Waals surface area contributed by atoms with Crippen molar-refractivity contribution in [2.24, 2.45) is 5.41 Å². The van der Waals surface area contributed by atoms with Crippen molar-refractivity contribution in [3.8, 4) is 0 Å². The number of hydrogen-bond donors (Lipinski definition) is 2. The van der Waals surface area contributed by atoms with Gasteiger partial charge in [0, 0.05) is 24.5 Å². The molecule has 2 aliphatic heterocycles. The number of rotatable bonds is 4. The van der Waals surface area contributed by atoms with Gasteiger partial charge in [0.2, 0.25) is 0 Å². The zero-order valence-corrected chi connectivity index (χ0v) is 17.2. The maximum atomic E-state index is 14.6. The molecule has 2 fully saturated rings. The highest BCUT2D eigenvalue weighted by Gasteiger charge is 2.47. The van der Waals surface area contributed by atoms with Crippen LogP contribution in [0.3, 0.4) is 0 Å². The number of anilines is 2.